The summed E-state index contributed by atoms with van der Waals surface area (Å²) in [5.41, 5.74) is 0.794. The predicted octanol–water partition coefficient (Wildman–Crippen LogP) is 0.279. The van der Waals surface area contributed by atoms with Crippen LogP contribution in [0.1, 0.15) is 16.2 Å². The van der Waals surface area contributed by atoms with Crippen molar-refractivity contribution < 1.29 is 9.90 Å². The van der Waals surface area contributed by atoms with Gasteiger partial charge in [-0.05, 0) is 14.1 Å². The lowest BCUT2D eigenvalue weighted by molar-refractivity contribution is 0.0690. The minimum Gasteiger partial charge on any atom is -0.476 e. The summed E-state index contributed by atoms with van der Waals surface area (Å²) in [5.74, 6) is -1.04. The van der Waals surface area contributed by atoms with Crippen LogP contribution >= 0.6 is 0 Å². The molecule has 5 heteroatoms. The molecule has 0 aliphatic heterocycles. The Kier molecular flexibility index (Phi) is 3.53. The van der Waals surface area contributed by atoms with Crippen molar-refractivity contribution >= 4 is 5.97 Å². The van der Waals surface area contributed by atoms with Gasteiger partial charge in [-0.3, -0.25) is 4.98 Å². The van der Waals surface area contributed by atoms with E-state index in [-0.39, 0.29) is 5.69 Å². The topological polar surface area (TPSA) is 66.3 Å². The summed E-state index contributed by atoms with van der Waals surface area (Å²) in [7, 11) is 3.94. The van der Waals surface area contributed by atoms with E-state index in [1.165, 1.54) is 12.4 Å². The summed E-state index contributed by atoms with van der Waals surface area (Å²) in [5, 5.41) is 8.58. The molecule has 0 radical (unpaired) electrons. The molecule has 0 aliphatic carbocycles. The highest BCUT2D eigenvalue weighted by Crippen LogP contribution is 1.97. The molecule has 0 atom stereocenters. The third-order valence-electron chi connectivity index (χ3n) is 1.74. The largest absolute Gasteiger partial charge is 0.476 e. The summed E-state index contributed by atoms with van der Waals surface area (Å²) in [6.45, 7) is 0.876. The molecule has 0 fully saturated rings. The van der Waals surface area contributed by atoms with Gasteiger partial charge < -0.3 is 10.0 Å². The van der Waals surface area contributed by atoms with Crippen LogP contribution in [0.25, 0.3) is 0 Å². The number of likely N-dealkylation sites (N-methyl/N-ethyl adjacent to an activating group) is 1. The van der Waals surface area contributed by atoms with Gasteiger partial charge in [0.1, 0.15) is 0 Å². The number of carboxylic acid groups (broad SMARTS) is 1. The van der Waals surface area contributed by atoms with Crippen molar-refractivity contribution in [2.75, 3.05) is 20.6 Å². The number of aromatic carboxylic acids is 1. The van der Waals surface area contributed by atoms with Gasteiger partial charge in [0.15, 0.2) is 5.69 Å². The van der Waals surface area contributed by atoms with Crippen molar-refractivity contribution in [2.45, 2.75) is 6.42 Å². The van der Waals surface area contributed by atoms with Crippen LogP contribution in [-0.2, 0) is 6.42 Å². The molecule has 0 aliphatic rings. The third kappa shape index (κ3) is 3.10. The van der Waals surface area contributed by atoms with Gasteiger partial charge in [0.2, 0.25) is 0 Å². The Morgan fingerprint density at radius 2 is 2.14 bits per heavy atom. The average molecular weight is 195 g/mol. The molecule has 0 saturated carbocycles. The molecule has 14 heavy (non-hydrogen) atoms. The summed E-state index contributed by atoms with van der Waals surface area (Å²) in [6, 6.07) is 0. The minimum absolute atomic E-state index is 0.0152. The van der Waals surface area contributed by atoms with Gasteiger partial charge in [-0.25, -0.2) is 9.78 Å². The van der Waals surface area contributed by atoms with Crippen LogP contribution < -0.4 is 0 Å². The van der Waals surface area contributed by atoms with Crippen LogP contribution in [0, 0.1) is 0 Å². The zero-order chi connectivity index (χ0) is 10.6. The van der Waals surface area contributed by atoms with Crippen molar-refractivity contribution in [3.63, 3.8) is 0 Å². The van der Waals surface area contributed by atoms with Crippen molar-refractivity contribution in [2.24, 2.45) is 0 Å². The summed E-state index contributed by atoms with van der Waals surface area (Å²) in [6.07, 6.45) is 3.57. The molecular formula is C9H13N3O2. The first-order valence-electron chi connectivity index (χ1n) is 4.28. The van der Waals surface area contributed by atoms with E-state index < -0.39 is 5.97 Å². The molecular weight excluding hydrogens is 182 g/mol. The van der Waals surface area contributed by atoms with Crippen molar-refractivity contribution in [1.82, 2.24) is 14.9 Å². The maximum absolute atomic E-state index is 10.5. The fourth-order valence-electron chi connectivity index (χ4n) is 0.932. The van der Waals surface area contributed by atoms with E-state index >= 15 is 0 Å². The highest BCUT2D eigenvalue weighted by molar-refractivity contribution is 5.84. The van der Waals surface area contributed by atoms with Gasteiger partial charge in [-0.1, -0.05) is 0 Å². The number of hydrogen-bond donors (Lipinski definition) is 1. The van der Waals surface area contributed by atoms with E-state index in [0.717, 1.165) is 18.7 Å². The van der Waals surface area contributed by atoms with Crippen LogP contribution in [0.15, 0.2) is 12.4 Å². The third-order valence-corrected chi connectivity index (χ3v) is 1.74. The standard InChI is InChI=1S/C9H13N3O2/c1-12(2)4-3-7-5-11-8(6-10-7)9(13)14/h5-6H,3-4H2,1-2H3,(H,13,14). The fraction of sp³-hybridized carbons (Fsp3) is 0.444. The zero-order valence-corrected chi connectivity index (χ0v) is 8.27. The molecule has 1 aromatic rings. The Bertz CT molecular complexity index is 308. The van der Waals surface area contributed by atoms with Gasteiger partial charge in [0.05, 0.1) is 11.9 Å². The number of aromatic nitrogens is 2. The van der Waals surface area contributed by atoms with Gasteiger partial charge >= 0.3 is 5.97 Å². The van der Waals surface area contributed by atoms with Gasteiger partial charge in [0, 0.05) is 19.2 Å². The van der Waals surface area contributed by atoms with E-state index in [2.05, 4.69) is 9.97 Å². The normalized spacial score (nSPS) is 10.5. The van der Waals surface area contributed by atoms with Crippen molar-refractivity contribution in [3.05, 3.63) is 23.8 Å². The second-order valence-electron chi connectivity index (χ2n) is 3.25. The lowest BCUT2D eigenvalue weighted by atomic mass is 10.3. The van der Waals surface area contributed by atoms with Crippen LogP contribution in [0.3, 0.4) is 0 Å². The number of nitrogens with zero attached hydrogens (tertiary/aromatic N) is 3. The highest BCUT2D eigenvalue weighted by atomic mass is 16.4. The van der Waals surface area contributed by atoms with Gasteiger partial charge in [-0.15, -0.1) is 0 Å². The first-order valence-corrected chi connectivity index (χ1v) is 4.28. The zero-order valence-electron chi connectivity index (χ0n) is 8.27. The molecule has 0 bridgehead atoms. The van der Waals surface area contributed by atoms with E-state index in [1.54, 1.807) is 0 Å². The fourth-order valence-corrected chi connectivity index (χ4v) is 0.932. The first kappa shape index (κ1) is 10.6. The Balaban J connectivity index is 2.60. The molecule has 0 unspecified atom stereocenters. The molecule has 1 heterocycles. The Labute approximate surface area is 82.4 Å². The number of carbonyl (C=O) groups is 1. The predicted molar refractivity (Wildman–Crippen MR) is 51.2 cm³/mol. The molecule has 1 rings (SSSR count). The van der Waals surface area contributed by atoms with E-state index in [9.17, 15) is 4.79 Å². The Morgan fingerprint density at radius 3 is 2.57 bits per heavy atom. The molecule has 1 N–H and O–H groups in total. The van der Waals surface area contributed by atoms with Gasteiger partial charge in [-0.2, -0.15) is 0 Å². The van der Waals surface area contributed by atoms with Gasteiger partial charge in [0.25, 0.3) is 0 Å². The maximum Gasteiger partial charge on any atom is 0.356 e. The summed E-state index contributed by atoms with van der Waals surface area (Å²) in [4.78, 5) is 20.3. The molecule has 76 valence electrons. The molecule has 0 aromatic carbocycles. The van der Waals surface area contributed by atoms with Crippen molar-refractivity contribution in [1.29, 1.82) is 0 Å². The Morgan fingerprint density at radius 1 is 1.43 bits per heavy atom. The van der Waals surface area contributed by atoms with E-state index in [1.807, 2.05) is 19.0 Å². The molecule has 1 aromatic heterocycles. The summed E-state index contributed by atoms with van der Waals surface area (Å²) >= 11 is 0. The molecule has 0 saturated heterocycles. The van der Waals surface area contributed by atoms with Crippen LogP contribution in [0.5, 0.6) is 0 Å². The maximum atomic E-state index is 10.5. The molecule has 0 amide bonds. The van der Waals surface area contributed by atoms with E-state index in [0.29, 0.717) is 0 Å². The quantitative estimate of drug-likeness (QED) is 0.747. The monoisotopic (exact) mass is 195 g/mol. The lowest BCUT2D eigenvalue weighted by Gasteiger charge is -2.07. The summed E-state index contributed by atoms with van der Waals surface area (Å²) < 4.78 is 0. The second kappa shape index (κ2) is 4.66. The molecule has 0 spiro atoms. The van der Waals surface area contributed by atoms with E-state index in [4.69, 9.17) is 5.11 Å². The average Bonchev–Trinajstić information content (AvgIpc) is 2.15. The molecule has 5 nitrogen and oxygen atoms in total. The lowest BCUT2D eigenvalue weighted by Crippen LogP contribution is -2.16. The van der Waals surface area contributed by atoms with Crippen LogP contribution in [0.4, 0.5) is 0 Å². The highest BCUT2D eigenvalue weighted by Gasteiger charge is 2.04. The number of hydrogen-bond acceptors (Lipinski definition) is 4. The van der Waals surface area contributed by atoms with Crippen LogP contribution in [-0.4, -0.2) is 46.6 Å². The second-order valence-corrected chi connectivity index (χ2v) is 3.25. The first-order chi connectivity index (χ1) is 6.59. The SMILES string of the molecule is CN(C)CCc1cnc(C(=O)O)cn1. The number of rotatable bonds is 4. The Hall–Kier alpha value is -1.49. The number of carboxylic acids is 1. The van der Waals surface area contributed by atoms with Crippen LogP contribution in [0.2, 0.25) is 0 Å². The minimum atomic E-state index is -1.04. The van der Waals surface area contributed by atoms with Crippen molar-refractivity contribution in [3.8, 4) is 0 Å². The smallest absolute Gasteiger partial charge is 0.356 e.